The van der Waals surface area contributed by atoms with Gasteiger partial charge in [0.05, 0.1) is 6.04 Å². The van der Waals surface area contributed by atoms with Gasteiger partial charge in [0.2, 0.25) is 17.7 Å². The average Bonchev–Trinajstić information content (AvgIpc) is 2.62. The second kappa shape index (κ2) is 13.6. The molecule has 0 aromatic heterocycles. The summed E-state index contributed by atoms with van der Waals surface area (Å²) < 4.78 is 0. The fourth-order valence-corrected chi connectivity index (χ4v) is 2.80. The summed E-state index contributed by atoms with van der Waals surface area (Å²) in [4.78, 5) is 59.5. The van der Waals surface area contributed by atoms with Crippen molar-refractivity contribution in [3.8, 4) is 0 Å². The maximum atomic E-state index is 12.6. The van der Waals surface area contributed by atoms with Gasteiger partial charge in [-0.3, -0.25) is 19.2 Å². The van der Waals surface area contributed by atoms with E-state index in [0.717, 1.165) is 0 Å². The summed E-state index contributed by atoms with van der Waals surface area (Å²) >= 11 is 0. The molecule has 0 heterocycles. The molecule has 0 aromatic carbocycles. The smallest absolute Gasteiger partial charge is 0.326 e. The van der Waals surface area contributed by atoms with Crippen LogP contribution in [0.5, 0.6) is 0 Å². The molecule has 0 bridgehead atoms. The topological polar surface area (TPSA) is 188 Å². The number of carboxylic acid groups (broad SMARTS) is 2. The fraction of sp³-hybridized carbons (Fsp3) is 0.750. The molecule has 0 saturated carbocycles. The third-order valence-corrected chi connectivity index (χ3v) is 4.42. The highest BCUT2D eigenvalue weighted by Gasteiger charge is 2.29. The first-order valence-electron chi connectivity index (χ1n) is 10.4. The third-order valence-electron chi connectivity index (χ3n) is 4.42. The third kappa shape index (κ3) is 11.9. The van der Waals surface area contributed by atoms with Crippen LogP contribution >= 0.6 is 0 Å². The summed E-state index contributed by atoms with van der Waals surface area (Å²) in [6, 6.07) is -4.28. The van der Waals surface area contributed by atoms with E-state index in [1.807, 2.05) is 13.8 Å². The zero-order valence-electron chi connectivity index (χ0n) is 18.8. The average molecular weight is 445 g/mol. The van der Waals surface area contributed by atoms with Gasteiger partial charge in [-0.05, 0) is 38.0 Å². The van der Waals surface area contributed by atoms with Crippen molar-refractivity contribution in [2.24, 2.45) is 17.6 Å². The molecular formula is C20H36N4O7. The highest BCUT2D eigenvalue weighted by Crippen LogP contribution is 2.07. The molecule has 0 fully saturated rings. The zero-order chi connectivity index (χ0) is 24.3. The van der Waals surface area contributed by atoms with Crippen molar-refractivity contribution in [1.29, 1.82) is 0 Å². The van der Waals surface area contributed by atoms with Crippen LogP contribution < -0.4 is 21.7 Å². The maximum absolute atomic E-state index is 12.6. The van der Waals surface area contributed by atoms with E-state index in [1.165, 1.54) is 6.92 Å². The lowest BCUT2D eigenvalue weighted by molar-refractivity contribution is -0.143. The van der Waals surface area contributed by atoms with Gasteiger partial charge >= 0.3 is 11.9 Å². The molecule has 4 unspecified atom stereocenters. The molecule has 4 atom stereocenters. The van der Waals surface area contributed by atoms with Crippen LogP contribution in [0.4, 0.5) is 0 Å². The summed E-state index contributed by atoms with van der Waals surface area (Å²) in [5, 5.41) is 25.4. The van der Waals surface area contributed by atoms with E-state index >= 15 is 0 Å². The molecule has 0 aliphatic carbocycles. The van der Waals surface area contributed by atoms with Crippen molar-refractivity contribution >= 4 is 29.7 Å². The van der Waals surface area contributed by atoms with Gasteiger partial charge in [-0.1, -0.05) is 27.7 Å². The summed E-state index contributed by atoms with van der Waals surface area (Å²) in [7, 11) is 0. The first-order chi connectivity index (χ1) is 14.2. The van der Waals surface area contributed by atoms with Crippen LogP contribution in [-0.4, -0.2) is 64.0 Å². The van der Waals surface area contributed by atoms with Crippen molar-refractivity contribution in [3.05, 3.63) is 0 Å². The van der Waals surface area contributed by atoms with Crippen LogP contribution in [-0.2, 0) is 24.0 Å². The lowest BCUT2D eigenvalue weighted by Crippen LogP contribution is -2.56. The summed E-state index contributed by atoms with van der Waals surface area (Å²) in [5.74, 6) is -4.29. The molecule has 178 valence electrons. The van der Waals surface area contributed by atoms with Crippen molar-refractivity contribution in [3.63, 3.8) is 0 Å². The van der Waals surface area contributed by atoms with Crippen LogP contribution in [0.1, 0.15) is 60.3 Å². The lowest BCUT2D eigenvalue weighted by atomic mass is 10.0. The minimum atomic E-state index is -1.28. The number of nitrogens with one attached hydrogen (secondary N) is 3. The maximum Gasteiger partial charge on any atom is 0.326 e. The van der Waals surface area contributed by atoms with E-state index in [4.69, 9.17) is 10.8 Å². The fourth-order valence-electron chi connectivity index (χ4n) is 2.80. The number of carbonyl (C=O) groups is 5. The quantitative estimate of drug-likeness (QED) is 0.213. The van der Waals surface area contributed by atoms with Gasteiger partial charge in [-0.2, -0.15) is 0 Å². The minimum Gasteiger partial charge on any atom is -0.481 e. The Labute approximate surface area is 182 Å². The van der Waals surface area contributed by atoms with Crippen LogP contribution in [0.15, 0.2) is 0 Å². The molecule has 0 saturated heterocycles. The van der Waals surface area contributed by atoms with Gasteiger partial charge < -0.3 is 31.9 Å². The van der Waals surface area contributed by atoms with Gasteiger partial charge in [-0.15, -0.1) is 0 Å². The molecule has 0 aromatic rings. The molecule has 0 aliphatic rings. The second-order valence-electron chi connectivity index (χ2n) is 8.49. The van der Waals surface area contributed by atoms with Gasteiger partial charge in [0.25, 0.3) is 0 Å². The molecule has 0 spiro atoms. The molecule has 0 radical (unpaired) electrons. The molecule has 0 rings (SSSR count). The number of rotatable bonds is 14. The Morgan fingerprint density at radius 2 is 1.26 bits per heavy atom. The van der Waals surface area contributed by atoms with Gasteiger partial charge in [-0.25, -0.2) is 4.79 Å². The van der Waals surface area contributed by atoms with Crippen LogP contribution in [0.2, 0.25) is 0 Å². The lowest BCUT2D eigenvalue weighted by Gasteiger charge is -2.24. The van der Waals surface area contributed by atoms with E-state index in [-0.39, 0.29) is 24.7 Å². The summed E-state index contributed by atoms with van der Waals surface area (Å²) in [6.07, 6.45) is -0.0636. The Balaban J connectivity index is 5.17. The number of hydrogen-bond donors (Lipinski definition) is 6. The largest absolute Gasteiger partial charge is 0.481 e. The van der Waals surface area contributed by atoms with Gasteiger partial charge in [0.15, 0.2) is 0 Å². The Kier molecular flexibility index (Phi) is 12.4. The Morgan fingerprint density at radius 1 is 0.742 bits per heavy atom. The number of hydrogen-bond acceptors (Lipinski definition) is 6. The van der Waals surface area contributed by atoms with Crippen molar-refractivity contribution < 1.29 is 34.2 Å². The van der Waals surface area contributed by atoms with Crippen molar-refractivity contribution in [2.75, 3.05) is 0 Å². The normalized spacial score (nSPS) is 15.0. The van der Waals surface area contributed by atoms with E-state index in [1.54, 1.807) is 13.8 Å². The number of carbonyl (C=O) groups excluding carboxylic acids is 3. The van der Waals surface area contributed by atoms with Gasteiger partial charge in [0.1, 0.15) is 18.1 Å². The highest BCUT2D eigenvalue weighted by atomic mass is 16.4. The molecule has 11 heteroatoms. The van der Waals surface area contributed by atoms with E-state index in [9.17, 15) is 29.1 Å². The predicted octanol–water partition coefficient (Wildman–Crippen LogP) is -0.170. The first-order valence-corrected chi connectivity index (χ1v) is 10.4. The number of nitrogens with two attached hydrogens (primary N) is 1. The zero-order valence-corrected chi connectivity index (χ0v) is 18.8. The van der Waals surface area contributed by atoms with Crippen molar-refractivity contribution in [2.45, 2.75) is 84.5 Å². The molecule has 3 amide bonds. The van der Waals surface area contributed by atoms with Gasteiger partial charge in [0, 0.05) is 6.42 Å². The Bertz CT molecular complexity index is 651. The number of carboxylic acids is 2. The predicted molar refractivity (Wildman–Crippen MR) is 113 cm³/mol. The van der Waals surface area contributed by atoms with E-state index in [0.29, 0.717) is 6.42 Å². The molecule has 31 heavy (non-hydrogen) atoms. The monoisotopic (exact) mass is 444 g/mol. The Morgan fingerprint density at radius 3 is 1.71 bits per heavy atom. The number of aliphatic carboxylic acids is 2. The second-order valence-corrected chi connectivity index (χ2v) is 8.49. The summed E-state index contributed by atoms with van der Waals surface area (Å²) in [6.45, 7) is 8.79. The minimum absolute atomic E-state index is 0.0151. The highest BCUT2D eigenvalue weighted by molar-refractivity contribution is 5.94. The Hall–Kier alpha value is -2.69. The number of amides is 3. The van der Waals surface area contributed by atoms with Crippen LogP contribution in [0.3, 0.4) is 0 Å². The van der Waals surface area contributed by atoms with E-state index in [2.05, 4.69) is 16.0 Å². The molecule has 7 N–H and O–H groups in total. The van der Waals surface area contributed by atoms with E-state index < -0.39 is 60.2 Å². The molecule has 0 aliphatic heterocycles. The molecular weight excluding hydrogens is 408 g/mol. The van der Waals surface area contributed by atoms with Crippen LogP contribution in [0, 0.1) is 11.8 Å². The first kappa shape index (κ1) is 28.3. The standard InChI is InChI=1S/C20H36N4O7/c1-10(2)8-13(21)18(28)22-12(5)17(27)23-14(6-7-16(25)26)19(29)24-15(20(30)31)9-11(3)4/h10-15H,6-9,21H2,1-5H3,(H,22,28)(H,23,27)(H,24,29)(H,25,26)(H,30,31). The summed E-state index contributed by atoms with van der Waals surface area (Å²) in [5.41, 5.74) is 5.79. The molecule has 11 nitrogen and oxygen atoms in total. The van der Waals surface area contributed by atoms with Crippen molar-refractivity contribution in [1.82, 2.24) is 16.0 Å². The SMILES string of the molecule is CC(C)CC(N)C(=O)NC(C)C(=O)NC(CCC(=O)O)C(=O)NC(CC(C)C)C(=O)O. The van der Waals surface area contributed by atoms with Crippen LogP contribution in [0.25, 0.3) is 0 Å².